The van der Waals surface area contributed by atoms with E-state index in [-0.39, 0.29) is 5.54 Å². The summed E-state index contributed by atoms with van der Waals surface area (Å²) in [6.07, 6.45) is 4.86. The molecule has 0 unspecified atom stereocenters. The van der Waals surface area contributed by atoms with Crippen LogP contribution in [-0.4, -0.2) is 34.4 Å². The molecule has 2 bridgehead atoms. The van der Waals surface area contributed by atoms with Crippen molar-refractivity contribution in [3.63, 3.8) is 0 Å². The van der Waals surface area contributed by atoms with Crippen LogP contribution in [0.1, 0.15) is 41.9 Å². The summed E-state index contributed by atoms with van der Waals surface area (Å²) in [5.74, 6) is 1.35. The Hall–Kier alpha value is -1.88. The third kappa shape index (κ3) is 1.73. The average molecular weight is 284 g/mol. The second-order valence-electron chi connectivity index (χ2n) is 6.53. The molecule has 1 saturated heterocycles. The maximum Gasteiger partial charge on any atom is 0.250 e. The normalized spacial score (nSPS) is 29.1. The molecule has 0 radical (unpaired) electrons. The van der Waals surface area contributed by atoms with Crippen LogP contribution in [0.5, 0.6) is 0 Å². The van der Waals surface area contributed by atoms with Crippen LogP contribution in [0, 0.1) is 5.92 Å². The predicted molar refractivity (Wildman–Crippen MR) is 80.9 cm³/mol. The van der Waals surface area contributed by atoms with Crippen molar-refractivity contribution in [2.24, 2.45) is 11.7 Å². The summed E-state index contributed by atoms with van der Waals surface area (Å²) in [6, 6.07) is 5.56. The first-order valence-electron chi connectivity index (χ1n) is 7.60. The van der Waals surface area contributed by atoms with Crippen LogP contribution in [0.4, 0.5) is 0 Å². The smallest absolute Gasteiger partial charge is 0.250 e. The molecule has 1 saturated carbocycles. The highest BCUT2D eigenvalue weighted by molar-refractivity contribution is 6.04. The highest BCUT2D eigenvalue weighted by Crippen LogP contribution is 2.48. The summed E-state index contributed by atoms with van der Waals surface area (Å²) < 4.78 is 0. The molecule has 1 aliphatic carbocycles. The number of primary amides is 1. The molecular weight excluding hydrogens is 264 g/mol. The number of hydrogen-bond donors (Lipinski definition) is 2. The zero-order chi connectivity index (χ0) is 14.6. The standard InChI is InChI=1S/C16H20N4O/c1-20-9-10-4-3-7-16(20,8-10)15-18-12-6-2-5-11(14(17)21)13(12)19-15/h2,5-6,10H,3-4,7-9H2,1H3,(H2,17,21)(H,18,19)/t10-,16-/m0/s1. The first-order chi connectivity index (χ1) is 10.1. The molecule has 1 amide bonds. The van der Waals surface area contributed by atoms with Crippen LogP contribution in [0.15, 0.2) is 18.2 Å². The van der Waals surface area contributed by atoms with Gasteiger partial charge in [-0.1, -0.05) is 12.5 Å². The molecule has 1 aromatic heterocycles. The number of rotatable bonds is 2. The van der Waals surface area contributed by atoms with E-state index in [0.29, 0.717) is 11.1 Å². The molecule has 2 aliphatic rings. The number of benzene rings is 1. The molecule has 2 heterocycles. The number of carbonyl (C=O) groups excluding carboxylic acids is 1. The Labute approximate surface area is 123 Å². The van der Waals surface area contributed by atoms with Crippen molar-refractivity contribution in [2.75, 3.05) is 13.6 Å². The Morgan fingerprint density at radius 2 is 2.38 bits per heavy atom. The van der Waals surface area contributed by atoms with Crippen molar-refractivity contribution in [1.82, 2.24) is 14.9 Å². The van der Waals surface area contributed by atoms with Gasteiger partial charge in [-0.05, 0) is 44.4 Å². The number of carbonyl (C=O) groups is 1. The number of likely N-dealkylation sites (tertiary alicyclic amines) is 1. The number of hydrogen-bond acceptors (Lipinski definition) is 3. The van der Waals surface area contributed by atoms with Crippen LogP contribution in [0.25, 0.3) is 11.0 Å². The van der Waals surface area contributed by atoms with Gasteiger partial charge < -0.3 is 10.7 Å². The van der Waals surface area contributed by atoms with E-state index in [2.05, 4.69) is 16.9 Å². The Bertz CT molecular complexity index is 722. The minimum absolute atomic E-state index is 0.0108. The van der Waals surface area contributed by atoms with Gasteiger partial charge in [0.05, 0.1) is 16.6 Å². The molecule has 2 fully saturated rings. The van der Waals surface area contributed by atoms with Gasteiger partial charge in [-0.2, -0.15) is 0 Å². The predicted octanol–water partition coefficient (Wildman–Crippen LogP) is 1.99. The number of amides is 1. The van der Waals surface area contributed by atoms with E-state index < -0.39 is 5.91 Å². The molecule has 1 aliphatic heterocycles. The third-order valence-electron chi connectivity index (χ3n) is 5.31. The van der Waals surface area contributed by atoms with E-state index in [4.69, 9.17) is 10.7 Å². The second-order valence-corrected chi connectivity index (χ2v) is 6.53. The summed E-state index contributed by atoms with van der Waals surface area (Å²) >= 11 is 0. The van der Waals surface area contributed by atoms with Gasteiger partial charge >= 0.3 is 0 Å². The van der Waals surface area contributed by atoms with Gasteiger partial charge in [0.15, 0.2) is 0 Å². The Kier molecular flexibility index (Phi) is 2.63. The number of para-hydroxylation sites is 1. The van der Waals surface area contributed by atoms with Crippen LogP contribution in [-0.2, 0) is 5.54 Å². The largest absolute Gasteiger partial charge is 0.366 e. The number of aromatic amines is 1. The number of nitrogens with zero attached hydrogens (tertiary/aromatic N) is 2. The van der Waals surface area contributed by atoms with Crippen LogP contribution < -0.4 is 5.73 Å². The molecule has 2 aromatic rings. The highest BCUT2D eigenvalue weighted by Gasteiger charge is 2.49. The number of nitrogens with two attached hydrogens (primary N) is 1. The Balaban J connectivity index is 1.88. The van der Waals surface area contributed by atoms with E-state index in [9.17, 15) is 4.79 Å². The first-order valence-corrected chi connectivity index (χ1v) is 7.60. The van der Waals surface area contributed by atoms with Gasteiger partial charge in [0, 0.05) is 6.54 Å². The van der Waals surface area contributed by atoms with Crippen molar-refractivity contribution >= 4 is 16.9 Å². The summed E-state index contributed by atoms with van der Waals surface area (Å²) in [7, 11) is 2.19. The van der Waals surface area contributed by atoms with Gasteiger partial charge in [-0.15, -0.1) is 0 Å². The lowest BCUT2D eigenvalue weighted by molar-refractivity contribution is 0.100. The fourth-order valence-corrected chi connectivity index (χ4v) is 4.28. The number of H-pyrrole nitrogens is 1. The fraction of sp³-hybridized carbons (Fsp3) is 0.500. The third-order valence-corrected chi connectivity index (χ3v) is 5.31. The number of nitrogens with one attached hydrogen (secondary N) is 1. The molecule has 21 heavy (non-hydrogen) atoms. The zero-order valence-corrected chi connectivity index (χ0v) is 12.2. The van der Waals surface area contributed by atoms with Crippen LogP contribution >= 0.6 is 0 Å². The SMILES string of the molecule is CN1C[C@H]2CCC[C@@]1(c1nc3c(C(N)=O)cccc3[nH]1)C2. The number of imidazole rings is 1. The minimum Gasteiger partial charge on any atom is -0.366 e. The molecule has 0 spiro atoms. The number of aromatic nitrogens is 2. The first kappa shape index (κ1) is 12.8. The van der Waals surface area contributed by atoms with Crippen molar-refractivity contribution in [2.45, 2.75) is 31.2 Å². The summed E-state index contributed by atoms with van der Waals surface area (Å²) in [5, 5.41) is 0. The van der Waals surface area contributed by atoms with Crippen molar-refractivity contribution in [3.05, 3.63) is 29.6 Å². The Morgan fingerprint density at radius 1 is 1.52 bits per heavy atom. The monoisotopic (exact) mass is 284 g/mol. The van der Waals surface area contributed by atoms with Crippen molar-refractivity contribution in [3.8, 4) is 0 Å². The molecule has 3 N–H and O–H groups in total. The zero-order valence-electron chi connectivity index (χ0n) is 12.2. The van der Waals surface area contributed by atoms with E-state index in [0.717, 1.165) is 36.6 Å². The molecule has 110 valence electrons. The van der Waals surface area contributed by atoms with E-state index in [1.54, 1.807) is 6.07 Å². The molecule has 1 aromatic carbocycles. The van der Waals surface area contributed by atoms with Gasteiger partial charge in [0.1, 0.15) is 11.3 Å². The second kappa shape index (κ2) is 4.31. The lowest BCUT2D eigenvalue weighted by atomic mass is 9.79. The summed E-state index contributed by atoms with van der Waals surface area (Å²) in [5.41, 5.74) is 7.58. The molecule has 5 heteroatoms. The summed E-state index contributed by atoms with van der Waals surface area (Å²) in [6.45, 7) is 1.14. The van der Waals surface area contributed by atoms with Crippen LogP contribution in [0.3, 0.4) is 0 Å². The number of fused-ring (bicyclic) bond motifs is 3. The van der Waals surface area contributed by atoms with Crippen molar-refractivity contribution < 1.29 is 4.79 Å². The molecule has 4 rings (SSSR count). The Morgan fingerprint density at radius 3 is 3.19 bits per heavy atom. The molecule has 2 atom stereocenters. The lowest BCUT2D eigenvalue weighted by Crippen LogP contribution is -2.39. The summed E-state index contributed by atoms with van der Waals surface area (Å²) in [4.78, 5) is 22.2. The van der Waals surface area contributed by atoms with Gasteiger partial charge in [-0.3, -0.25) is 9.69 Å². The van der Waals surface area contributed by atoms with Gasteiger partial charge in [0.25, 0.3) is 5.91 Å². The topological polar surface area (TPSA) is 75.0 Å². The van der Waals surface area contributed by atoms with Gasteiger partial charge in [-0.25, -0.2) is 4.98 Å². The lowest BCUT2D eigenvalue weighted by Gasteiger charge is -2.36. The fourth-order valence-electron chi connectivity index (χ4n) is 4.28. The van der Waals surface area contributed by atoms with Crippen LogP contribution in [0.2, 0.25) is 0 Å². The van der Waals surface area contributed by atoms with E-state index in [1.165, 1.54) is 12.8 Å². The highest BCUT2D eigenvalue weighted by atomic mass is 16.1. The van der Waals surface area contributed by atoms with Crippen molar-refractivity contribution in [1.29, 1.82) is 0 Å². The van der Waals surface area contributed by atoms with E-state index >= 15 is 0 Å². The molecule has 5 nitrogen and oxygen atoms in total. The maximum absolute atomic E-state index is 11.6. The minimum atomic E-state index is -0.419. The molecular formula is C16H20N4O. The maximum atomic E-state index is 11.6. The van der Waals surface area contributed by atoms with Gasteiger partial charge in [0.2, 0.25) is 0 Å². The average Bonchev–Trinajstić information content (AvgIpc) is 2.99. The quantitative estimate of drug-likeness (QED) is 0.885. The van der Waals surface area contributed by atoms with E-state index in [1.807, 2.05) is 12.1 Å².